The van der Waals surface area contributed by atoms with Crippen molar-refractivity contribution in [1.29, 1.82) is 0 Å². The van der Waals surface area contributed by atoms with Gasteiger partial charge in [-0.2, -0.15) is 0 Å². The van der Waals surface area contributed by atoms with Crippen LogP contribution in [0.5, 0.6) is 0 Å². The van der Waals surface area contributed by atoms with Crippen LogP contribution in [0.4, 0.5) is 0 Å². The van der Waals surface area contributed by atoms with Crippen molar-refractivity contribution in [1.82, 2.24) is 10.2 Å². The lowest BCUT2D eigenvalue weighted by Crippen LogP contribution is -2.41. The number of nitrogens with zero attached hydrogens (tertiary/aromatic N) is 1. The zero-order valence-electron chi connectivity index (χ0n) is 13.4. The summed E-state index contributed by atoms with van der Waals surface area (Å²) in [5, 5.41) is 17.3. The summed E-state index contributed by atoms with van der Waals surface area (Å²) in [6.07, 6.45) is 2.37. The summed E-state index contributed by atoms with van der Waals surface area (Å²) >= 11 is 0. The van der Waals surface area contributed by atoms with Gasteiger partial charge in [0.25, 0.3) is 5.91 Å². The van der Waals surface area contributed by atoms with Crippen molar-refractivity contribution >= 4 is 15.9 Å². The number of likely N-dealkylation sites (tertiary alicyclic amines) is 1. The number of hydrogen-bond donors (Lipinski definition) is 3. The molecule has 1 heterocycles. The Bertz CT molecular complexity index is 718. The summed E-state index contributed by atoms with van der Waals surface area (Å²) in [6, 6.07) is 5.79. The predicted molar refractivity (Wildman–Crippen MR) is 88.8 cm³/mol. The number of sulfonamides is 1. The average molecular weight is 353 g/mol. The third-order valence-corrected chi connectivity index (χ3v) is 5.74. The van der Waals surface area contributed by atoms with Gasteiger partial charge in [-0.05, 0) is 42.9 Å². The molecule has 0 unspecified atom stereocenters. The molecule has 1 aromatic rings. The summed E-state index contributed by atoms with van der Waals surface area (Å²) in [6.45, 7) is 2.31. The maximum absolute atomic E-state index is 12.5. The monoisotopic (exact) mass is 353 g/mol. The van der Waals surface area contributed by atoms with E-state index in [0.717, 1.165) is 6.54 Å². The number of aliphatic hydroxyl groups is 1. The molecule has 2 aliphatic rings. The molecule has 1 aromatic carbocycles. The first-order chi connectivity index (χ1) is 11.4. The van der Waals surface area contributed by atoms with E-state index in [9.17, 15) is 13.2 Å². The van der Waals surface area contributed by atoms with Crippen LogP contribution in [0, 0.1) is 11.8 Å². The maximum Gasteiger partial charge on any atom is 0.251 e. The molecule has 24 heavy (non-hydrogen) atoms. The molecular weight excluding hydrogens is 330 g/mol. The topological polar surface area (TPSA) is 113 Å². The van der Waals surface area contributed by atoms with Crippen molar-refractivity contribution < 1.29 is 18.3 Å². The highest BCUT2D eigenvalue weighted by Gasteiger charge is 2.42. The number of rotatable bonds is 6. The molecule has 0 bridgehead atoms. The summed E-state index contributed by atoms with van der Waals surface area (Å²) < 4.78 is 22.9. The normalized spacial score (nSPS) is 24.9. The molecule has 2 fully saturated rings. The smallest absolute Gasteiger partial charge is 0.251 e. The molecule has 1 aliphatic carbocycles. The highest BCUT2D eigenvalue weighted by Crippen LogP contribution is 2.41. The number of primary sulfonamides is 1. The van der Waals surface area contributed by atoms with Crippen molar-refractivity contribution in [3.05, 3.63) is 29.8 Å². The zero-order chi connectivity index (χ0) is 17.3. The summed E-state index contributed by atoms with van der Waals surface area (Å²) in [5.74, 6) is 0.735. The minimum absolute atomic E-state index is 0.0229. The van der Waals surface area contributed by atoms with E-state index in [-0.39, 0.29) is 29.0 Å². The fraction of sp³-hybridized carbons (Fsp3) is 0.562. The average Bonchev–Trinajstić information content (AvgIpc) is 3.30. The zero-order valence-corrected chi connectivity index (χ0v) is 14.2. The molecule has 4 N–H and O–H groups in total. The summed E-state index contributed by atoms with van der Waals surface area (Å²) in [5.41, 5.74) is 0.289. The Kier molecular flexibility index (Phi) is 4.91. The molecule has 0 aromatic heterocycles. The molecular formula is C16H23N3O4S. The lowest BCUT2D eigenvalue weighted by Gasteiger charge is -2.19. The van der Waals surface area contributed by atoms with Gasteiger partial charge in [0.1, 0.15) is 0 Å². The van der Waals surface area contributed by atoms with E-state index in [1.54, 1.807) is 6.07 Å². The highest BCUT2D eigenvalue weighted by atomic mass is 32.2. The number of nitrogens with two attached hydrogens (primary N) is 1. The number of benzene rings is 1. The van der Waals surface area contributed by atoms with E-state index >= 15 is 0 Å². The van der Waals surface area contributed by atoms with Crippen LogP contribution >= 0.6 is 0 Å². The minimum atomic E-state index is -3.83. The molecule has 7 nitrogen and oxygen atoms in total. The van der Waals surface area contributed by atoms with Gasteiger partial charge in [-0.1, -0.05) is 6.07 Å². The van der Waals surface area contributed by atoms with Gasteiger partial charge in [-0.3, -0.25) is 9.69 Å². The van der Waals surface area contributed by atoms with Crippen LogP contribution in [0.15, 0.2) is 29.2 Å². The van der Waals surface area contributed by atoms with Crippen LogP contribution in [0.2, 0.25) is 0 Å². The van der Waals surface area contributed by atoms with Gasteiger partial charge < -0.3 is 10.4 Å². The van der Waals surface area contributed by atoms with Crippen LogP contribution in [0.25, 0.3) is 0 Å². The quantitative estimate of drug-likeness (QED) is 0.654. The van der Waals surface area contributed by atoms with E-state index in [1.807, 2.05) is 0 Å². The fourth-order valence-corrected chi connectivity index (χ4v) is 4.02. The van der Waals surface area contributed by atoms with Gasteiger partial charge in [-0.15, -0.1) is 0 Å². The van der Waals surface area contributed by atoms with Crippen LogP contribution in [-0.2, 0) is 10.0 Å². The molecule has 1 saturated heterocycles. The number of β-amino-alcohol motifs (C(OH)–C–C–N with tert-alkyl or cyclic N) is 1. The molecule has 3 rings (SSSR count). The van der Waals surface area contributed by atoms with Crippen LogP contribution in [0.1, 0.15) is 23.2 Å². The Morgan fingerprint density at radius 3 is 2.71 bits per heavy atom. The highest BCUT2D eigenvalue weighted by molar-refractivity contribution is 7.89. The summed E-state index contributed by atoms with van der Waals surface area (Å²) in [7, 11) is -3.83. The van der Waals surface area contributed by atoms with Gasteiger partial charge in [0.05, 0.1) is 11.5 Å². The Balaban J connectivity index is 1.71. The van der Waals surface area contributed by atoms with Gasteiger partial charge >= 0.3 is 0 Å². The van der Waals surface area contributed by atoms with Gasteiger partial charge in [-0.25, -0.2) is 13.6 Å². The Morgan fingerprint density at radius 2 is 2.08 bits per heavy atom. The maximum atomic E-state index is 12.5. The Labute approximate surface area is 141 Å². The first kappa shape index (κ1) is 17.3. The molecule has 2 atom stereocenters. The SMILES string of the molecule is NS(=O)(=O)c1cccc(C(=O)N[C@H]2CN(CCO)C[C@@H]2C2CC2)c1. The van der Waals surface area contributed by atoms with Gasteiger partial charge in [0.15, 0.2) is 0 Å². The van der Waals surface area contributed by atoms with Crippen LogP contribution in [-0.4, -0.2) is 56.6 Å². The van der Waals surface area contributed by atoms with E-state index in [2.05, 4.69) is 10.2 Å². The van der Waals surface area contributed by atoms with Crippen LogP contribution < -0.4 is 10.5 Å². The molecule has 1 amide bonds. The van der Waals surface area contributed by atoms with Crippen molar-refractivity contribution in [2.24, 2.45) is 17.0 Å². The van der Waals surface area contributed by atoms with Crippen molar-refractivity contribution in [3.8, 4) is 0 Å². The fourth-order valence-electron chi connectivity index (χ4n) is 3.46. The number of nitrogens with one attached hydrogen (secondary N) is 1. The second-order valence-electron chi connectivity index (χ2n) is 6.64. The molecule has 0 radical (unpaired) electrons. The van der Waals surface area contributed by atoms with E-state index in [1.165, 1.54) is 31.0 Å². The molecule has 132 valence electrons. The number of hydrogen-bond acceptors (Lipinski definition) is 5. The Hall–Kier alpha value is -1.48. The molecule has 0 spiro atoms. The summed E-state index contributed by atoms with van der Waals surface area (Å²) in [4.78, 5) is 14.6. The largest absolute Gasteiger partial charge is 0.395 e. The van der Waals surface area contributed by atoms with E-state index < -0.39 is 10.0 Å². The van der Waals surface area contributed by atoms with Crippen molar-refractivity contribution in [3.63, 3.8) is 0 Å². The van der Waals surface area contributed by atoms with Gasteiger partial charge in [0.2, 0.25) is 10.0 Å². The third kappa shape index (κ3) is 3.94. The third-order valence-electron chi connectivity index (χ3n) is 4.83. The van der Waals surface area contributed by atoms with Crippen molar-refractivity contribution in [2.75, 3.05) is 26.2 Å². The van der Waals surface area contributed by atoms with E-state index in [4.69, 9.17) is 10.2 Å². The lowest BCUT2D eigenvalue weighted by atomic mass is 9.98. The lowest BCUT2D eigenvalue weighted by molar-refractivity contribution is 0.0927. The van der Waals surface area contributed by atoms with Crippen molar-refractivity contribution in [2.45, 2.75) is 23.8 Å². The van der Waals surface area contributed by atoms with Gasteiger partial charge in [0, 0.05) is 31.2 Å². The first-order valence-electron chi connectivity index (χ1n) is 8.15. The molecule has 8 heteroatoms. The number of aliphatic hydroxyl groups excluding tert-OH is 1. The number of carbonyl (C=O) groups is 1. The predicted octanol–water partition coefficient (Wildman–Crippen LogP) is -0.233. The molecule has 1 aliphatic heterocycles. The second kappa shape index (κ2) is 6.79. The van der Waals surface area contributed by atoms with Crippen LogP contribution in [0.3, 0.4) is 0 Å². The second-order valence-corrected chi connectivity index (χ2v) is 8.20. The standard InChI is InChI=1S/C16H23N3O4S/c17-24(22,23)13-3-1-2-12(8-13)16(21)18-15-10-19(6-7-20)9-14(15)11-4-5-11/h1-3,8,11,14-15,20H,4-7,9-10H2,(H,18,21)(H2,17,22,23)/t14-,15+/m1/s1. The minimum Gasteiger partial charge on any atom is -0.395 e. The first-order valence-corrected chi connectivity index (χ1v) is 9.70. The molecule has 1 saturated carbocycles. The number of carbonyl (C=O) groups excluding carboxylic acids is 1. The Morgan fingerprint density at radius 1 is 1.33 bits per heavy atom. The number of amides is 1. The van der Waals surface area contributed by atoms with E-state index in [0.29, 0.717) is 24.9 Å².